The highest BCUT2D eigenvalue weighted by Gasteiger charge is 2.27. The molecule has 0 rings (SSSR count). The van der Waals surface area contributed by atoms with E-state index in [0.717, 1.165) is 0 Å². The average Bonchev–Trinajstić information content (AvgIpc) is 2.16. The van der Waals surface area contributed by atoms with E-state index in [0.29, 0.717) is 0 Å². The van der Waals surface area contributed by atoms with Gasteiger partial charge in [-0.2, -0.15) is 0 Å². The summed E-state index contributed by atoms with van der Waals surface area (Å²) < 4.78 is 20.6. The maximum atomic E-state index is 11.4. The van der Waals surface area contributed by atoms with Crippen LogP contribution < -0.4 is 4.84 Å². The fraction of sp³-hybridized carbons (Fsp3) is 0.833. The summed E-state index contributed by atoms with van der Waals surface area (Å²) in [5.41, 5.74) is 0. The Morgan fingerprint density at radius 3 is 2.31 bits per heavy atom. The van der Waals surface area contributed by atoms with Crippen molar-refractivity contribution in [3.63, 3.8) is 0 Å². The zero-order chi connectivity index (χ0) is 10.5. The molecule has 0 spiro atoms. The van der Waals surface area contributed by atoms with Gasteiger partial charge >= 0.3 is 7.60 Å². The van der Waals surface area contributed by atoms with Crippen molar-refractivity contribution in [1.82, 2.24) is 4.84 Å². The van der Waals surface area contributed by atoms with E-state index >= 15 is 0 Å². The van der Waals surface area contributed by atoms with Crippen molar-refractivity contribution in [2.75, 3.05) is 20.4 Å². The molecule has 0 amide bonds. The third-order valence-corrected chi connectivity index (χ3v) is 3.69. The van der Waals surface area contributed by atoms with Crippen molar-refractivity contribution in [2.24, 2.45) is 0 Å². The summed E-state index contributed by atoms with van der Waals surface area (Å²) in [4.78, 5) is 13.5. The van der Waals surface area contributed by atoms with Crippen LogP contribution in [0.1, 0.15) is 6.92 Å². The van der Waals surface area contributed by atoms with Gasteiger partial charge in [0.1, 0.15) is 6.16 Å². The Kier molecular flexibility index (Phi) is 5.76. The lowest BCUT2D eigenvalue weighted by Crippen LogP contribution is -2.30. The quantitative estimate of drug-likeness (QED) is 0.547. The second-order valence-electron chi connectivity index (χ2n) is 2.43. The maximum absolute atomic E-state index is 11.4. The molecule has 0 radical (unpaired) electrons. The molecule has 0 aliphatic heterocycles. The molecule has 0 fully saturated rings. The van der Waals surface area contributed by atoms with E-state index < -0.39 is 13.6 Å². The lowest BCUT2D eigenvalue weighted by molar-refractivity contribution is -0.118. The molecule has 0 saturated carbocycles. The molecule has 0 bridgehead atoms. The molecular formula is C6H13ClNO4P. The molecule has 0 saturated heterocycles. The second kappa shape index (κ2) is 5.73. The Morgan fingerprint density at radius 2 is 2.00 bits per heavy atom. The summed E-state index contributed by atoms with van der Waals surface area (Å²) in [6.45, 7) is 1.56. The molecule has 0 aromatic carbocycles. The number of rotatable bonds is 6. The third kappa shape index (κ3) is 4.20. The van der Waals surface area contributed by atoms with Crippen molar-refractivity contribution in [3.05, 3.63) is 0 Å². The Balaban J connectivity index is 4.26. The van der Waals surface area contributed by atoms with Crippen LogP contribution in [0.15, 0.2) is 0 Å². The lowest BCUT2D eigenvalue weighted by atomic mass is 10.3. The molecule has 0 aromatic heterocycles. The smallest absolute Gasteiger partial charge is 0.312 e. The van der Waals surface area contributed by atoms with Crippen LogP contribution in [0.2, 0.25) is 0 Å². The van der Waals surface area contributed by atoms with Crippen LogP contribution in [0, 0.1) is 0 Å². The normalized spacial score (nSPS) is 14.2. The summed E-state index contributed by atoms with van der Waals surface area (Å²) in [5.74, 6) is -0.318. The van der Waals surface area contributed by atoms with Gasteiger partial charge in [-0.05, 0) is 18.7 Å². The van der Waals surface area contributed by atoms with Crippen LogP contribution in [0.25, 0.3) is 0 Å². The van der Waals surface area contributed by atoms with Crippen molar-refractivity contribution in [3.8, 4) is 0 Å². The molecule has 78 valence electrons. The van der Waals surface area contributed by atoms with E-state index in [1.54, 1.807) is 6.92 Å². The summed E-state index contributed by atoms with van der Waals surface area (Å²) in [5, 5.41) is 0. The highest BCUT2D eigenvalue weighted by atomic mass is 35.5. The van der Waals surface area contributed by atoms with Gasteiger partial charge in [-0.1, -0.05) is 0 Å². The average molecular weight is 230 g/mol. The molecule has 5 nitrogen and oxygen atoms in total. The first-order valence-electron chi connectivity index (χ1n) is 3.58. The zero-order valence-corrected chi connectivity index (χ0v) is 9.39. The summed E-state index contributed by atoms with van der Waals surface area (Å²) in [6, 6.07) is -0.569. The van der Waals surface area contributed by atoms with Gasteiger partial charge in [0.05, 0.1) is 6.04 Å². The van der Waals surface area contributed by atoms with Gasteiger partial charge in [0.15, 0.2) is 5.78 Å². The Morgan fingerprint density at radius 1 is 1.54 bits per heavy atom. The fourth-order valence-electron chi connectivity index (χ4n) is 0.592. The van der Waals surface area contributed by atoms with E-state index in [1.165, 1.54) is 14.2 Å². The number of nitrogens with one attached hydrogen (secondary N) is 1. The van der Waals surface area contributed by atoms with Gasteiger partial charge in [0.2, 0.25) is 0 Å². The maximum Gasteiger partial charge on any atom is 0.337 e. The predicted octanol–water partition coefficient (Wildman–Crippen LogP) is 1.17. The highest BCUT2D eigenvalue weighted by Crippen LogP contribution is 2.46. The number of carbonyl (C=O) groups excluding carboxylic acids is 1. The minimum absolute atomic E-state index is 0.277. The minimum atomic E-state index is -3.25. The first-order chi connectivity index (χ1) is 5.99. The van der Waals surface area contributed by atoms with E-state index in [1.807, 2.05) is 0 Å². The molecule has 0 heterocycles. The topological polar surface area (TPSA) is 64.6 Å². The largest absolute Gasteiger partial charge is 0.337 e. The van der Waals surface area contributed by atoms with Crippen molar-refractivity contribution in [2.45, 2.75) is 13.0 Å². The number of ketones is 1. The third-order valence-electron chi connectivity index (χ3n) is 1.55. The molecule has 0 aliphatic carbocycles. The van der Waals surface area contributed by atoms with Gasteiger partial charge in [0.25, 0.3) is 0 Å². The lowest BCUT2D eigenvalue weighted by Gasteiger charge is -2.14. The number of carbonyl (C=O) groups is 1. The predicted molar refractivity (Wildman–Crippen MR) is 49.9 cm³/mol. The van der Waals surface area contributed by atoms with E-state index in [4.69, 9.17) is 11.8 Å². The molecule has 13 heavy (non-hydrogen) atoms. The number of halogens is 1. The standard InChI is InChI=1S/C6H13ClNO4P/c1-5(8-7)6(9)4-13(10,11-2)12-3/h5,8H,4H2,1-3H3/t5-/m0/s1. The summed E-state index contributed by atoms with van der Waals surface area (Å²) >= 11 is 5.22. The van der Waals surface area contributed by atoms with Crippen LogP contribution in [0.5, 0.6) is 0 Å². The molecule has 0 aromatic rings. The van der Waals surface area contributed by atoms with E-state index in [9.17, 15) is 9.36 Å². The first kappa shape index (κ1) is 13.1. The number of hydrogen-bond acceptors (Lipinski definition) is 5. The van der Waals surface area contributed by atoms with Gasteiger partial charge in [0, 0.05) is 14.2 Å². The Hall–Kier alpha value is 0.0700. The molecular weight excluding hydrogens is 216 g/mol. The van der Waals surface area contributed by atoms with Crippen LogP contribution in [0.4, 0.5) is 0 Å². The van der Waals surface area contributed by atoms with Crippen LogP contribution in [0.3, 0.4) is 0 Å². The molecule has 1 atom stereocenters. The zero-order valence-electron chi connectivity index (χ0n) is 7.74. The molecule has 1 N–H and O–H groups in total. The summed E-state index contributed by atoms with van der Waals surface area (Å²) in [6.07, 6.45) is -0.277. The van der Waals surface area contributed by atoms with Crippen LogP contribution in [-0.2, 0) is 18.4 Å². The monoisotopic (exact) mass is 229 g/mol. The molecule has 0 unspecified atom stereocenters. The van der Waals surface area contributed by atoms with Crippen LogP contribution in [-0.4, -0.2) is 32.2 Å². The minimum Gasteiger partial charge on any atom is -0.312 e. The molecule has 0 aliphatic rings. The highest BCUT2D eigenvalue weighted by molar-refractivity contribution is 7.54. The van der Waals surface area contributed by atoms with Crippen molar-refractivity contribution in [1.29, 1.82) is 0 Å². The van der Waals surface area contributed by atoms with Crippen LogP contribution >= 0.6 is 19.4 Å². The number of Topliss-reactive ketones (excluding diaryl/α,β-unsaturated/α-hetero) is 1. The molecule has 7 heteroatoms. The second-order valence-corrected chi connectivity index (χ2v) is 4.92. The Labute approximate surface area is 82.4 Å². The summed E-state index contributed by atoms with van der Waals surface area (Å²) in [7, 11) is -0.788. The van der Waals surface area contributed by atoms with E-state index in [-0.39, 0.29) is 11.9 Å². The van der Waals surface area contributed by atoms with Gasteiger partial charge in [-0.15, -0.1) is 0 Å². The fourth-order valence-corrected chi connectivity index (χ4v) is 1.78. The Bertz CT molecular complexity index is 215. The van der Waals surface area contributed by atoms with Gasteiger partial charge in [-0.25, -0.2) is 4.84 Å². The van der Waals surface area contributed by atoms with Crippen molar-refractivity contribution >= 4 is 25.2 Å². The SMILES string of the molecule is COP(=O)(CC(=O)[C@H](C)NCl)OC. The first-order valence-corrected chi connectivity index (χ1v) is 5.69. The van der Waals surface area contributed by atoms with Crippen molar-refractivity contribution < 1.29 is 18.4 Å². The number of hydrogen-bond donors (Lipinski definition) is 1. The van der Waals surface area contributed by atoms with E-state index in [2.05, 4.69) is 13.9 Å². The van der Waals surface area contributed by atoms with Gasteiger partial charge < -0.3 is 9.05 Å². The van der Waals surface area contributed by atoms with Gasteiger partial charge in [-0.3, -0.25) is 9.36 Å².